The van der Waals surface area contributed by atoms with E-state index in [0.717, 1.165) is 14.6 Å². The molecule has 0 aliphatic heterocycles. The summed E-state index contributed by atoms with van der Waals surface area (Å²) in [6.07, 6.45) is 11.2. The third-order valence-corrected chi connectivity index (χ3v) is 22.0. The average Bonchev–Trinajstić information content (AvgIpc) is 1.60. The van der Waals surface area contributed by atoms with Crippen molar-refractivity contribution in [3.63, 3.8) is 0 Å². The summed E-state index contributed by atoms with van der Waals surface area (Å²) in [6.45, 7) is 8.28. The molecule has 16 rings (SSSR count). The molecule has 6 amide bonds. The number of nitrogens with two attached hydrogens (primary N) is 3. The molecular formula is C87H78N26O9S3. The van der Waals surface area contributed by atoms with Gasteiger partial charge in [0.1, 0.15) is 35.5 Å². The molecule has 0 unspecified atom stereocenters. The number of fused-ring (bicyclic) bond motifs is 3. The summed E-state index contributed by atoms with van der Waals surface area (Å²) in [7, 11) is 10.6. The number of amides is 6. The summed E-state index contributed by atoms with van der Waals surface area (Å²) in [4.78, 5) is 167. The van der Waals surface area contributed by atoms with Gasteiger partial charge in [0, 0.05) is 94.2 Å². The van der Waals surface area contributed by atoms with Gasteiger partial charge in [-0.05, 0) is 207 Å². The topological polar surface area (TPSA) is 430 Å². The molecule has 1 saturated carbocycles. The Morgan fingerprint density at radius 3 is 0.984 bits per heavy atom. The van der Waals surface area contributed by atoms with Gasteiger partial charge in [-0.15, -0.1) is 34.0 Å². The molecule has 0 radical (unpaired) electrons. The van der Waals surface area contributed by atoms with Crippen LogP contribution < -0.4 is 64.9 Å². The molecule has 9 heterocycles. The summed E-state index contributed by atoms with van der Waals surface area (Å²) in [5, 5.41) is 9.82. The van der Waals surface area contributed by atoms with E-state index in [1.54, 1.807) is 192 Å². The lowest BCUT2D eigenvalue weighted by atomic mass is 10.2. The van der Waals surface area contributed by atoms with E-state index in [1.807, 2.05) is 46.8 Å². The van der Waals surface area contributed by atoms with Crippen LogP contribution in [-0.4, -0.2) is 179 Å². The van der Waals surface area contributed by atoms with Crippen molar-refractivity contribution in [3.05, 3.63) is 246 Å². The fraction of sp³-hybridized carbons (Fsp3) is 0.172. The summed E-state index contributed by atoms with van der Waals surface area (Å²) < 4.78 is 8.40. The molecule has 15 aromatic rings. The first-order valence-electron chi connectivity index (χ1n) is 38.3. The maximum Gasteiger partial charge on any atom is 0.339 e. The van der Waals surface area contributed by atoms with Crippen molar-refractivity contribution in [1.82, 2.24) is 82.1 Å². The average molecular weight is 1730 g/mol. The first kappa shape index (κ1) is 85.5. The highest BCUT2D eigenvalue weighted by molar-refractivity contribution is 7.16. The largest absolute Gasteiger partial charge is 0.382 e. The summed E-state index contributed by atoms with van der Waals surface area (Å²) in [6, 6.07) is 40.9. The molecule has 0 bridgehead atoms. The van der Waals surface area contributed by atoms with Crippen LogP contribution in [-0.2, 0) is 14.4 Å². The van der Waals surface area contributed by atoms with E-state index < -0.39 is 17.1 Å². The van der Waals surface area contributed by atoms with Crippen molar-refractivity contribution in [3.8, 4) is 69.6 Å². The number of carbonyl (C=O) groups excluding carboxylic acids is 6. The Kier molecular flexibility index (Phi) is 25.3. The summed E-state index contributed by atoms with van der Waals surface area (Å²) in [5.74, 6) is 14.5. The Labute approximate surface area is 724 Å². The quantitative estimate of drug-likeness (QED) is 0.0436. The number of hydrogen-bond acceptors (Lipinski definition) is 26. The van der Waals surface area contributed by atoms with Gasteiger partial charge in [-0.2, -0.15) is 0 Å². The van der Waals surface area contributed by atoms with Crippen molar-refractivity contribution in [2.45, 2.75) is 46.6 Å². The van der Waals surface area contributed by atoms with Crippen LogP contribution in [0.1, 0.15) is 65.5 Å². The molecular weight excluding hydrogens is 1650 g/mol. The number of carbonyl (C=O) groups is 6. The van der Waals surface area contributed by atoms with Crippen LogP contribution in [0.3, 0.4) is 0 Å². The zero-order valence-electron chi connectivity index (χ0n) is 68.8. The minimum Gasteiger partial charge on any atom is -0.382 e. The van der Waals surface area contributed by atoms with E-state index in [4.69, 9.17) is 17.2 Å². The molecule has 0 saturated heterocycles. The minimum atomic E-state index is -0.454. The molecule has 0 atom stereocenters. The predicted molar refractivity (Wildman–Crippen MR) is 484 cm³/mol. The molecule has 9 N–H and O–H groups in total. The highest BCUT2D eigenvalue weighted by atomic mass is 32.1. The van der Waals surface area contributed by atoms with Crippen molar-refractivity contribution in [2.75, 3.05) is 103 Å². The lowest BCUT2D eigenvalue weighted by Crippen LogP contribution is -2.26. The highest BCUT2D eigenvalue weighted by Crippen LogP contribution is 2.32. The predicted octanol–water partition coefficient (Wildman–Crippen LogP) is 9.09. The number of nitrogen functional groups attached to an aromatic ring is 3. The Morgan fingerprint density at radius 1 is 0.400 bits per heavy atom. The fourth-order valence-electron chi connectivity index (χ4n) is 13.0. The molecule has 38 heteroatoms. The number of hydrogen-bond donors (Lipinski definition) is 6. The standard InChI is InChI=1S/C31H29N9O3S.C29H27N9O3S.C27H22N8O3S/c1-19-17-33-30(44-19)36-29(42)20-9-11-22(12-10-20)39-26-27(32)34-18-35-28(26)40(31(39)43)24-7-4-6-23(16-24)38(3)25(41)8-5-15-37(2)21-13-14-21;1-18-16-31-28(42-18)34-27(40)19-10-12-20(13-11-19)37-24-25(30)32-17-33-26(24)38(29(37)41)22-8-5-7-21(15-22)36(4)23(39)9-6-14-35(2)3;1-4-6-21(36)33(3)19-7-5-8-20(13-19)35-24-22(23(28)30-15-31-24)34(27(35)38)18-11-9-17(10-12-18)25(37)32-26-29-14-16(2)39-26/h4,6-7,9-12,16-18,21H,13-15H2,1-3H3,(H2,32,34,35)(H,33,36,42);5,7-8,10-13,15-17H,14H2,1-4H3,(H2,30,32,33)(H,31,34,40);5,7-15H,1-3H3,(H2,28,30,31)(H,29,32,37). The second-order valence-corrected chi connectivity index (χ2v) is 32.2. The van der Waals surface area contributed by atoms with Gasteiger partial charge < -0.3 is 31.9 Å². The Morgan fingerprint density at radius 2 is 0.704 bits per heavy atom. The molecule has 628 valence electrons. The van der Waals surface area contributed by atoms with E-state index in [1.165, 1.54) is 108 Å². The molecule has 125 heavy (non-hydrogen) atoms. The third-order valence-electron chi connectivity index (χ3n) is 19.5. The molecule has 6 aromatic carbocycles. The molecule has 0 spiro atoms. The van der Waals surface area contributed by atoms with Gasteiger partial charge in [0.25, 0.3) is 17.7 Å². The van der Waals surface area contributed by atoms with Crippen molar-refractivity contribution >= 4 is 153 Å². The van der Waals surface area contributed by atoms with Crippen LogP contribution in [0.4, 0.5) is 49.9 Å². The number of aryl methyl sites for hydroxylation is 3. The SMILES string of the molecule is CC#CC(=O)N(C)c1cccc(-n2c(=O)n(-c3ccc(C(=O)Nc4ncc(C)s4)cc3)c3c(N)ncnc32)c1.Cc1cnc(NC(=O)c2ccc(-n3c(=O)n(-c4cccc(N(C)C(=O)C#CCN(C)C)c4)c4ncnc(N)c43)cc2)s1.Cc1cnc(NC(=O)c2ccc(-n3c(=O)n(-c4cccc(N(C)C(=O)C#CCN(C)C5CC5)c4)c4ncnc(N)c43)cc2)s1. The van der Waals surface area contributed by atoms with E-state index >= 15 is 0 Å². The smallest absolute Gasteiger partial charge is 0.339 e. The first-order chi connectivity index (χ1) is 60.1. The van der Waals surface area contributed by atoms with Crippen molar-refractivity contribution < 1.29 is 28.8 Å². The lowest BCUT2D eigenvalue weighted by Gasteiger charge is -2.15. The number of aromatic nitrogens is 15. The number of thiazole rings is 3. The van der Waals surface area contributed by atoms with Gasteiger partial charge >= 0.3 is 34.8 Å². The number of benzene rings is 6. The van der Waals surface area contributed by atoms with Crippen molar-refractivity contribution in [1.29, 1.82) is 0 Å². The van der Waals surface area contributed by atoms with Crippen LogP contribution in [0.5, 0.6) is 0 Å². The second kappa shape index (κ2) is 37.0. The highest BCUT2D eigenvalue weighted by Gasteiger charge is 2.28. The Hall–Kier alpha value is -15.9. The monoisotopic (exact) mass is 1730 g/mol. The number of nitrogens with one attached hydrogen (secondary N) is 3. The van der Waals surface area contributed by atoms with Gasteiger partial charge in [-0.25, -0.2) is 72.9 Å². The second-order valence-electron chi connectivity index (χ2n) is 28.5. The van der Waals surface area contributed by atoms with Gasteiger partial charge in [-0.3, -0.25) is 68.2 Å². The van der Waals surface area contributed by atoms with Gasteiger partial charge in [0.15, 0.2) is 49.8 Å². The van der Waals surface area contributed by atoms with Crippen LogP contribution in [0, 0.1) is 56.3 Å². The zero-order chi connectivity index (χ0) is 88.6. The molecule has 1 aliphatic carbocycles. The first-order valence-corrected chi connectivity index (χ1v) is 40.7. The maximum absolute atomic E-state index is 14.0. The van der Waals surface area contributed by atoms with Crippen LogP contribution in [0.2, 0.25) is 0 Å². The van der Waals surface area contributed by atoms with E-state index in [2.05, 4.69) is 101 Å². The Balaban J connectivity index is 0.000000153. The molecule has 35 nitrogen and oxygen atoms in total. The number of imidazole rings is 3. The van der Waals surface area contributed by atoms with E-state index in [9.17, 15) is 43.2 Å². The summed E-state index contributed by atoms with van der Waals surface area (Å²) >= 11 is 4.13. The molecule has 9 aromatic heterocycles. The van der Waals surface area contributed by atoms with Gasteiger partial charge in [-0.1, -0.05) is 36.0 Å². The van der Waals surface area contributed by atoms with Gasteiger partial charge in [0.05, 0.1) is 47.2 Å². The normalized spacial score (nSPS) is 11.4. The fourth-order valence-corrected chi connectivity index (χ4v) is 15.0. The number of nitrogens with zero attached hydrogens (tertiary/aromatic N) is 20. The maximum atomic E-state index is 14.0. The Bertz CT molecular complexity index is 7140. The summed E-state index contributed by atoms with van der Waals surface area (Å²) in [5.41, 5.74) is 24.8. The number of anilines is 9. The van der Waals surface area contributed by atoms with E-state index in [-0.39, 0.29) is 69.8 Å². The van der Waals surface area contributed by atoms with E-state index in [0.29, 0.717) is 119 Å². The molecule has 1 aliphatic rings. The minimum absolute atomic E-state index is 0.108. The van der Waals surface area contributed by atoms with Crippen LogP contribution in [0.25, 0.3) is 67.6 Å². The lowest BCUT2D eigenvalue weighted by molar-refractivity contribution is -0.113. The number of rotatable bonds is 18. The third kappa shape index (κ3) is 18.7. The van der Waals surface area contributed by atoms with Crippen LogP contribution in [0.15, 0.2) is 198 Å². The zero-order valence-corrected chi connectivity index (χ0v) is 71.3. The van der Waals surface area contributed by atoms with Gasteiger partial charge in [0.2, 0.25) is 0 Å². The molecule has 1 fully saturated rings. The van der Waals surface area contributed by atoms with Crippen molar-refractivity contribution in [2.24, 2.45) is 0 Å². The van der Waals surface area contributed by atoms with Crippen LogP contribution >= 0.6 is 34.0 Å².